The fourth-order valence-electron chi connectivity index (χ4n) is 6.56. The quantitative estimate of drug-likeness (QED) is 0.197. The number of para-hydroxylation sites is 2. The molecule has 0 bridgehead atoms. The second kappa shape index (κ2) is 10.5. The number of rotatable bonds is 5. The third-order valence-corrected chi connectivity index (χ3v) is 9.79. The van der Waals surface area contributed by atoms with E-state index in [4.69, 9.17) is 4.42 Å². The zero-order chi connectivity index (χ0) is 29.7. The normalized spacial score (nSPS) is 11.6. The molecule has 45 heavy (non-hydrogen) atoms. The molecular weight excluding hydrogens is 567 g/mol. The molecular formula is C42H27NOS. The van der Waals surface area contributed by atoms with Gasteiger partial charge in [-0.1, -0.05) is 127 Å². The number of hydrogen-bond donors (Lipinski definition) is 0. The van der Waals surface area contributed by atoms with Gasteiger partial charge in [0, 0.05) is 47.9 Å². The van der Waals surface area contributed by atoms with Gasteiger partial charge in [0.1, 0.15) is 5.58 Å². The van der Waals surface area contributed by atoms with Crippen molar-refractivity contribution in [3.8, 4) is 22.3 Å². The van der Waals surface area contributed by atoms with Crippen LogP contribution in [0.3, 0.4) is 0 Å². The van der Waals surface area contributed by atoms with Crippen LogP contribution in [0.15, 0.2) is 168 Å². The smallest absolute Gasteiger partial charge is 0.159 e. The summed E-state index contributed by atoms with van der Waals surface area (Å²) < 4.78 is 9.47. The molecule has 0 amide bonds. The summed E-state index contributed by atoms with van der Waals surface area (Å²) in [6.07, 6.45) is 0. The van der Waals surface area contributed by atoms with Gasteiger partial charge in [-0.05, 0) is 53.1 Å². The Morgan fingerprint density at radius 1 is 0.400 bits per heavy atom. The predicted octanol–water partition coefficient (Wildman–Crippen LogP) is 12.8. The van der Waals surface area contributed by atoms with E-state index in [0.29, 0.717) is 0 Å². The van der Waals surface area contributed by atoms with Crippen molar-refractivity contribution < 1.29 is 4.42 Å². The lowest BCUT2D eigenvalue weighted by molar-refractivity contribution is 0.670. The summed E-state index contributed by atoms with van der Waals surface area (Å²) in [5.41, 5.74) is 9.56. The summed E-state index contributed by atoms with van der Waals surface area (Å²) in [7, 11) is 0. The van der Waals surface area contributed by atoms with Crippen molar-refractivity contribution in [2.45, 2.75) is 0 Å². The van der Waals surface area contributed by atoms with Crippen molar-refractivity contribution in [2.24, 2.45) is 0 Å². The Hall–Kier alpha value is -5.64. The largest absolute Gasteiger partial charge is 0.453 e. The summed E-state index contributed by atoms with van der Waals surface area (Å²) >= 11 is 1.84. The van der Waals surface area contributed by atoms with Crippen molar-refractivity contribution >= 4 is 70.5 Å². The molecule has 0 aliphatic rings. The van der Waals surface area contributed by atoms with Gasteiger partial charge in [0.05, 0.1) is 5.69 Å². The highest BCUT2D eigenvalue weighted by molar-refractivity contribution is 7.25. The first-order valence-corrected chi connectivity index (χ1v) is 16.0. The molecule has 3 heteroatoms. The van der Waals surface area contributed by atoms with Crippen LogP contribution in [0.1, 0.15) is 0 Å². The van der Waals surface area contributed by atoms with Crippen molar-refractivity contribution in [1.82, 2.24) is 0 Å². The molecule has 2 heterocycles. The molecule has 0 unspecified atom stereocenters. The van der Waals surface area contributed by atoms with Gasteiger partial charge in [-0.15, -0.1) is 11.3 Å². The molecule has 2 aromatic heterocycles. The predicted molar refractivity (Wildman–Crippen MR) is 192 cm³/mol. The molecule has 0 fully saturated rings. The van der Waals surface area contributed by atoms with Gasteiger partial charge < -0.3 is 9.32 Å². The molecule has 0 radical (unpaired) electrons. The van der Waals surface area contributed by atoms with Crippen LogP contribution in [0, 0.1) is 0 Å². The van der Waals surface area contributed by atoms with Gasteiger partial charge in [-0.2, -0.15) is 0 Å². The first kappa shape index (κ1) is 25.8. The van der Waals surface area contributed by atoms with Crippen LogP contribution in [0.2, 0.25) is 0 Å². The van der Waals surface area contributed by atoms with E-state index in [0.717, 1.165) is 50.1 Å². The van der Waals surface area contributed by atoms with Crippen molar-refractivity contribution in [2.75, 3.05) is 4.90 Å². The van der Waals surface area contributed by atoms with Crippen LogP contribution in [0.5, 0.6) is 0 Å². The van der Waals surface area contributed by atoms with Crippen LogP contribution >= 0.6 is 11.3 Å². The number of thiophene rings is 1. The van der Waals surface area contributed by atoms with Crippen LogP contribution in [0.25, 0.3) is 64.4 Å². The highest BCUT2D eigenvalue weighted by atomic mass is 32.1. The molecule has 0 N–H and O–H groups in total. The second-order valence-corrected chi connectivity index (χ2v) is 12.4. The van der Waals surface area contributed by atoms with E-state index >= 15 is 0 Å². The molecule has 9 rings (SSSR count). The van der Waals surface area contributed by atoms with Crippen molar-refractivity contribution in [3.63, 3.8) is 0 Å². The third kappa shape index (κ3) is 4.32. The number of hydrogen-bond acceptors (Lipinski definition) is 3. The van der Waals surface area contributed by atoms with Crippen LogP contribution in [-0.2, 0) is 0 Å². The number of benzene rings is 7. The first-order valence-electron chi connectivity index (χ1n) is 15.2. The zero-order valence-electron chi connectivity index (χ0n) is 24.4. The maximum atomic E-state index is 6.90. The summed E-state index contributed by atoms with van der Waals surface area (Å²) in [5, 5.41) is 4.81. The topological polar surface area (TPSA) is 16.4 Å². The standard InChI is InChI=1S/C42H27NOS/c1-3-12-28(13-4-1)30-16-9-17-31(26-30)43(32-24-25-35-34-18-7-8-23-39(34)45-40(35)27-32)38-22-11-21-37-36-20-10-19-33(41(36)44-42(37)38)29-14-5-2-6-15-29/h1-27H. The van der Waals surface area contributed by atoms with Gasteiger partial charge >= 0.3 is 0 Å². The minimum absolute atomic E-state index is 0.873. The molecule has 9 aromatic rings. The van der Waals surface area contributed by atoms with Gasteiger partial charge in [0.15, 0.2) is 5.58 Å². The Balaban J connectivity index is 1.30. The van der Waals surface area contributed by atoms with E-state index in [1.165, 1.54) is 31.3 Å². The van der Waals surface area contributed by atoms with E-state index in [-0.39, 0.29) is 0 Å². The van der Waals surface area contributed by atoms with E-state index in [1.54, 1.807) is 0 Å². The maximum Gasteiger partial charge on any atom is 0.159 e. The van der Waals surface area contributed by atoms with E-state index < -0.39 is 0 Å². The molecule has 0 aliphatic carbocycles. The number of fused-ring (bicyclic) bond motifs is 6. The van der Waals surface area contributed by atoms with Crippen molar-refractivity contribution in [3.05, 3.63) is 164 Å². The number of nitrogens with zero attached hydrogens (tertiary/aromatic N) is 1. The Kier molecular flexibility index (Phi) is 6.03. The highest BCUT2D eigenvalue weighted by Crippen LogP contribution is 2.46. The molecule has 7 aromatic carbocycles. The lowest BCUT2D eigenvalue weighted by Crippen LogP contribution is -2.10. The van der Waals surface area contributed by atoms with Gasteiger partial charge in [0.2, 0.25) is 0 Å². The second-order valence-electron chi connectivity index (χ2n) is 11.3. The average molecular weight is 594 g/mol. The van der Waals surface area contributed by atoms with Crippen LogP contribution in [-0.4, -0.2) is 0 Å². The zero-order valence-corrected chi connectivity index (χ0v) is 25.2. The van der Waals surface area contributed by atoms with Crippen LogP contribution in [0.4, 0.5) is 17.1 Å². The molecule has 0 spiro atoms. The van der Waals surface area contributed by atoms with E-state index in [2.05, 4.69) is 169 Å². The summed E-state index contributed by atoms with van der Waals surface area (Å²) in [4.78, 5) is 2.35. The number of anilines is 3. The molecule has 0 saturated heterocycles. The Labute approximate surface area is 265 Å². The van der Waals surface area contributed by atoms with Crippen LogP contribution < -0.4 is 4.90 Å². The SMILES string of the molecule is c1ccc(-c2cccc(N(c3ccc4c(c3)sc3ccccc34)c3cccc4c3oc3c(-c5ccccc5)cccc34)c2)cc1. The van der Waals surface area contributed by atoms with Gasteiger partial charge in [-0.25, -0.2) is 0 Å². The monoisotopic (exact) mass is 593 g/mol. The third-order valence-electron chi connectivity index (χ3n) is 8.66. The highest BCUT2D eigenvalue weighted by Gasteiger charge is 2.21. The Morgan fingerprint density at radius 2 is 1.02 bits per heavy atom. The molecule has 2 nitrogen and oxygen atoms in total. The Bertz CT molecular complexity index is 2490. The lowest BCUT2D eigenvalue weighted by Gasteiger charge is -2.26. The molecule has 0 aliphatic heterocycles. The molecule has 212 valence electrons. The summed E-state index contributed by atoms with van der Waals surface area (Å²) in [6.45, 7) is 0. The van der Waals surface area contributed by atoms with E-state index in [1.807, 2.05) is 11.3 Å². The van der Waals surface area contributed by atoms with Gasteiger partial charge in [0.25, 0.3) is 0 Å². The fourth-order valence-corrected chi connectivity index (χ4v) is 7.70. The number of furan rings is 1. The molecule has 0 saturated carbocycles. The molecule has 0 atom stereocenters. The van der Waals surface area contributed by atoms with Crippen molar-refractivity contribution in [1.29, 1.82) is 0 Å². The minimum Gasteiger partial charge on any atom is -0.453 e. The first-order chi connectivity index (χ1) is 22.3. The van der Waals surface area contributed by atoms with Gasteiger partial charge in [-0.3, -0.25) is 0 Å². The summed E-state index contributed by atoms with van der Waals surface area (Å²) in [6, 6.07) is 58.3. The lowest BCUT2D eigenvalue weighted by atomic mass is 10.0. The fraction of sp³-hybridized carbons (Fsp3) is 0. The Morgan fingerprint density at radius 3 is 1.87 bits per heavy atom. The average Bonchev–Trinajstić information content (AvgIpc) is 3.68. The minimum atomic E-state index is 0.873. The summed E-state index contributed by atoms with van der Waals surface area (Å²) in [5.74, 6) is 0. The maximum absolute atomic E-state index is 6.90. The van der Waals surface area contributed by atoms with E-state index in [9.17, 15) is 0 Å².